The van der Waals surface area contributed by atoms with Gasteiger partial charge in [-0.05, 0) is 36.1 Å². The largest absolute Gasteiger partial charge is 0.478 e. The average molecular weight is 315 g/mol. The number of nitrogens with one attached hydrogen (secondary N) is 1. The number of benzene rings is 1. The third-order valence-corrected chi connectivity index (χ3v) is 4.17. The molecule has 5 nitrogen and oxygen atoms in total. The van der Waals surface area contributed by atoms with E-state index >= 15 is 0 Å². The van der Waals surface area contributed by atoms with E-state index in [9.17, 15) is 17.6 Å². The van der Waals surface area contributed by atoms with Gasteiger partial charge in [-0.1, -0.05) is 19.9 Å². The van der Waals surface area contributed by atoms with E-state index in [1.807, 2.05) is 13.8 Å². The Morgan fingerprint density at radius 1 is 1.43 bits per heavy atom. The summed E-state index contributed by atoms with van der Waals surface area (Å²) in [6.07, 6.45) is 2.69. The molecule has 0 bridgehead atoms. The maximum absolute atomic E-state index is 13.9. The first kappa shape index (κ1) is 17.3. The summed E-state index contributed by atoms with van der Waals surface area (Å²) < 4.78 is 40.1. The number of rotatable bonds is 7. The van der Waals surface area contributed by atoms with Crippen LogP contribution in [-0.4, -0.2) is 26.0 Å². The minimum atomic E-state index is -3.90. The number of carboxylic acids is 1. The van der Waals surface area contributed by atoms with Crippen molar-refractivity contribution < 1.29 is 22.7 Å². The van der Waals surface area contributed by atoms with E-state index in [0.29, 0.717) is 12.3 Å². The van der Waals surface area contributed by atoms with Crippen molar-refractivity contribution in [1.82, 2.24) is 4.72 Å². The fraction of sp³-hybridized carbons (Fsp3) is 0.357. The molecule has 0 atom stereocenters. The van der Waals surface area contributed by atoms with E-state index in [2.05, 4.69) is 4.72 Å². The van der Waals surface area contributed by atoms with Gasteiger partial charge < -0.3 is 5.11 Å². The van der Waals surface area contributed by atoms with Crippen molar-refractivity contribution in [2.75, 3.05) is 6.54 Å². The molecule has 21 heavy (non-hydrogen) atoms. The van der Waals surface area contributed by atoms with Crippen molar-refractivity contribution in [1.29, 1.82) is 0 Å². The monoisotopic (exact) mass is 315 g/mol. The van der Waals surface area contributed by atoms with Gasteiger partial charge in [0.15, 0.2) is 0 Å². The molecule has 0 aliphatic carbocycles. The van der Waals surface area contributed by atoms with Gasteiger partial charge >= 0.3 is 5.97 Å². The zero-order chi connectivity index (χ0) is 16.0. The molecule has 0 amide bonds. The van der Waals surface area contributed by atoms with Gasteiger partial charge in [-0.2, -0.15) is 0 Å². The maximum Gasteiger partial charge on any atom is 0.328 e. The van der Waals surface area contributed by atoms with Crippen LogP contribution in [0.25, 0.3) is 6.08 Å². The fourth-order valence-corrected chi connectivity index (χ4v) is 2.67. The Bertz CT molecular complexity index is 638. The van der Waals surface area contributed by atoms with Crippen molar-refractivity contribution in [2.45, 2.75) is 25.2 Å². The highest BCUT2D eigenvalue weighted by atomic mass is 32.2. The van der Waals surface area contributed by atoms with Crippen molar-refractivity contribution in [3.8, 4) is 0 Å². The van der Waals surface area contributed by atoms with Crippen molar-refractivity contribution in [3.05, 3.63) is 35.7 Å². The van der Waals surface area contributed by atoms with Gasteiger partial charge in [0.2, 0.25) is 10.0 Å². The maximum atomic E-state index is 13.9. The Balaban J connectivity index is 2.91. The Kier molecular flexibility index (Phi) is 6.04. The SMILES string of the molecule is CC(C)CCNS(=O)(=O)c1ccc(/C=C/C(=O)O)cc1F. The number of hydrogen-bond donors (Lipinski definition) is 2. The number of halogens is 1. The lowest BCUT2D eigenvalue weighted by molar-refractivity contribution is -0.131. The van der Waals surface area contributed by atoms with Crippen molar-refractivity contribution in [2.24, 2.45) is 5.92 Å². The standard InChI is InChI=1S/C14H18FNO4S/c1-10(2)7-8-16-21(19,20)13-5-3-11(9-12(13)15)4-6-14(17)18/h3-6,9-10,16H,7-8H2,1-2H3,(H,17,18)/b6-4+. The summed E-state index contributed by atoms with van der Waals surface area (Å²) in [6.45, 7) is 4.15. The van der Waals surface area contributed by atoms with Crippen LogP contribution in [0.15, 0.2) is 29.2 Å². The summed E-state index contributed by atoms with van der Waals surface area (Å²) in [6, 6.07) is 3.45. The van der Waals surface area contributed by atoms with Gasteiger partial charge in [-0.15, -0.1) is 0 Å². The third-order valence-electron chi connectivity index (χ3n) is 2.68. The number of carbonyl (C=O) groups is 1. The Labute approximate surface area is 123 Å². The molecule has 0 fully saturated rings. The van der Waals surface area contributed by atoms with E-state index in [4.69, 9.17) is 5.11 Å². The number of aliphatic carboxylic acids is 1. The molecule has 0 radical (unpaired) electrons. The zero-order valence-electron chi connectivity index (χ0n) is 11.8. The second-order valence-corrected chi connectivity index (χ2v) is 6.68. The summed E-state index contributed by atoms with van der Waals surface area (Å²) in [7, 11) is -3.90. The van der Waals surface area contributed by atoms with Crippen LogP contribution in [0.4, 0.5) is 4.39 Å². The summed E-state index contributed by atoms with van der Waals surface area (Å²) in [5.74, 6) is -1.75. The fourth-order valence-electron chi connectivity index (χ4n) is 1.57. The zero-order valence-corrected chi connectivity index (χ0v) is 12.7. The summed E-state index contributed by atoms with van der Waals surface area (Å²) in [5, 5.41) is 8.48. The Morgan fingerprint density at radius 2 is 2.10 bits per heavy atom. The van der Waals surface area contributed by atoms with Crippen LogP contribution < -0.4 is 4.72 Å². The highest BCUT2D eigenvalue weighted by Crippen LogP contribution is 2.17. The molecule has 0 unspecified atom stereocenters. The van der Waals surface area contributed by atoms with Gasteiger partial charge in [-0.25, -0.2) is 22.3 Å². The molecular formula is C14H18FNO4S. The second kappa shape index (κ2) is 7.33. The number of sulfonamides is 1. The molecule has 1 aromatic rings. The summed E-state index contributed by atoms with van der Waals surface area (Å²) in [5.41, 5.74) is 0.274. The van der Waals surface area contributed by atoms with Crippen LogP contribution in [-0.2, 0) is 14.8 Å². The van der Waals surface area contributed by atoms with Crippen molar-refractivity contribution in [3.63, 3.8) is 0 Å². The smallest absolute Gasteiger partial charge is 0.328 e. The summed E-state index contributed by atoms with van der Waals surface area (Å²) in [4.78, 5) is 9.92. The van der Waals surface area contributed by atoms with E-state index < -0.39 is 26.7 Å². The predicted molar refractivity (Wildman–Crippen MR) is 77.7 cm³/mol. The average Bonchev–Trinajstić information content (AvgIpc) is 2.35. The molecular weight excluding hydrogens is 297 g/mol. The van der Waals surface area contributed by atoms with Crippen LogP contribution in [0, 0.1) is 11.7 Å². The minimum Gasteiger partial charge on any atom is -0.478 e. The summed E-state index contributed by atoms with van der Waals surface area (Å²) >= 11 is 0. The van der Waals surface area contributed by atoms with Crippen LogP contribution in [0.1, 0.15) is 25.8 Å². The molecule has 0 aliphatic rings. The van der Waals surface area contributed by atoms with Crippen LogP contribution >= 0.6 is 0 Å². The van der Waals surface area contributed by atoms with Gasteiger partial charge in [0, 0.05) is 12.6 Å². The van der Waals surface area contributed by atoms with E-state index in [1.165, 1.54) is 12.1 Å². The second-order valence-electron chi connectivity index (χ2n) is 4.94. The highest BCUT2D eigenvalue weighted by Gasteiger charge is 2.18. The molecule has 0 spiro atoms. The van der Waals surface area contributed by atoms with Gasteiger partial charge in [0.1, 0.15) is 10.7 Å². The quantitative estimate of drug-likeness (QED) is 0.756. The number of hydrogen-bond acceptors (Lipinski definition) is 3. The molecule has 2 N–H and O–H groups in total. The van der Waals surface area contributed by atoms with E-state index in [-0.39, 0.29) is 12.1 Å². The minimum absolute atomic E-state index is 0.236. The Morgan fingerprint density at radius 3 is 2.62 bits per heavy atom. The van der Waals surface area contributed by atoms with Crippen LogP contribution in [0.2, 0.25) is 0 Å². The first-order valence-electron chi connectivity index (χ1n) is 6.42. The molecule has 0 aromatic heterocycles. The molecule has 0 saturated heterocycles. The van der Waals surface area contributed by atoms with Crippen molar-refractivity contribution >= 4 is 22.1 Å². The lowest BCUT2D eigenvalue weighted by Gasteiger charge is -2.09. The molecule has 116 valence electrons. The number of carboxylic acid groups (broad SMARTS) is 1. The third kappa shape index (κ3) is 5.65. The van der Waals surface area contributed by atoms with Gasteiger partial charge in [0.25, 0.3) is 0 Å². The first-order valence-corrected chi connectivity index (χ1v) is 7.91. The first-order chi connectivity index (χ1) is 9.72. The van der Waals surface area contributed by atoms with E-state index in [1.54, 1.807) is 0 Å². The van der Waals surface area contributed by atoms with Crippen LogP contribution in [0.5, 0.6) is 0 Å². The lowest BCUT2D eigenvalue weighted by Crippen LogP contribution is -2.26. The van der Waals surface area contributed by atoms with Crippen LogP contribution in [0.3, 0.4) is 0 Å². The predicted octanol–water partition coefficient (Wildman–Crippen LogP) is 2.25. The molecule has 7 heteroatoms. The highest BCUT2D eigenvalue weighted by molar-refractivity contribution is 7.89. The van der Waals surface area contributed by atoms with Gasteiger partial charge in [0.05, 0.1) is 0 Å². The topological polar surface area (TPSA) is 83.5 Å². The molecule has 0 aliphatic heterocycles. The van der Waals surface area contributed by atoms with E-state index in [0.717, 1.165) is 18.2 Å². The molecule has 0 heterocycles. The van der Waals surface area contributed by atoms with Gasteiger partial charge in [-0.3, -0.25) is 0 Å². The molecule has 0 saturated carbocycles. The molecule has 1 aromatic carbocycles. The normalized spacial score (nSPS) is 12.2. The lowest BCUT2D eigenvalue weighted by atomic mass is 10.1. The molecule has 1 rings (SSSR count). The Hall–Kier alpha value is -1.73.